The van der Waals surface area contributed by atoms with E-state index in [-0.39, 0.29) is 11.9 Å². The van der Waals surface area contributed by atoms with E-state index in [4.69, 9.17) is 5.10 Å². The van der Waals surface area contributed by atoms with Gasteiger partial charge in [-0.3, -0.25) is 14.5 Å². The van der Waals surface area contributed by atoms with Crippen LogP contribution in [0.5, 0.6) is 0 Å². The minimum Gasteiger partial charge on any atom is -0.346 e. The van der Waals surface area contributed by atoms with Crippen molar-refractivity contribution in [2.45, 2.75) is 25.4 Å². The van der Waals surface area contributed by atoms with Crippen molar-refractivity contribution in [1.29, 1.82) is 0 Å². The number of benzene rings is 2. The number of carbonyl (C=O) groups is 1. The van der Waals surface area contributed by atoms with Crippen LogP contribution in [0.2, 0.25) is 0 Å². The van der Waals surface area contributed by atoms with Gasteiger partial charge >= 0.3 is 0 Å². The molecule has 0 saturated heterocycles. The lowest BCUT2D eigenvalue weighted by molar-refractivity contribution is -0.117. The number of amides is 1. The third kappa shape index (κ3) is 4.37. The van der Waals surface area contributed by atoms with E-state index < -0.39 is 0 Å². The van der Waals surface area contributed by atoms with Crippen LogP contribution in [0.25, 0.3) is 17.3 Å². The number of aryl methyl sites for hydroxylation is 1. The molecule has 1 unspecified atom stereocenters. The van der Waals surface area contributed by atoms with E-state index in [9.17, 15) is 4.79 Å². The highest BCUT2D eigenvalue weighted by molar-refractivity contribution is 5.93. The number of aromatic nitrogens is 3. The largest absolute Gasteiger partial charge is 0.346 e. The van der Waals surface area contributed by atoms with Gasteiger partial charge in [0.15, 0.2) is 0 Å². The summed E-state index contributed by atoms with van der Waals surface area (Å²) in [7, 11) is 0. The van der Waals surface area contributed by atoms with Crippen molar-refractivity contribution in [1.82, 2.24) is 20.1 Å². The van der Waals surface area contributed by atoms with Crippen LogP contribution >= 0.6 is 0 Å². The van der Waals surface area contributed by atoms with Crippen LogP contribution < -0.4 is 5.32 Å². The Morgan fingerprint density at radius 3 is 2.75 bits per heavy atom. The van der Waals surface area contributed by atoms with Gasteiger partial charge < -0.3 is 5.32 Å². The van der Waals surface area contributed by atoms with E-state index in [1.54, 1.807) is 18.5 Å². The van der Waals surface area contributed by atoms with Crippen LogP contribution in [0.4, 0.5) is 0 Å². The number of pyridine rings is 1. The highest BCUT2D eigenvalue weighted by atomic mass is 16.1. The summed E-state index contributed by atoms with van der Waals surface area (Å²) in [5.41, 5.74) is 6.33. The molecule has 5 heteroatoms. The maximum Gasteiger partial charge on any atom is 0.244 e. The average Bonchev–Trinajstić information content (AvgIpc) is 3.43. The Morgan fingerprint density at radius 2 is 1.91 bits per heavy atom. The minimum absolute atomic E-state index is 0.0712. The van der Waals surface area contributed by atoms with Crippen LogP contribution in [-0.4, -0.2) is 20.7 Å². The standard InChI is InChI=1S/C27H24N4O/c32-26(29-25-14-12-21-9-4-5-11-24(21)25)15-13-23-19-31(18-20-7-2-1-3-8-20)30-27(23)22-10-6-16-28-17-22/h1-11,13,15-17,19,25H,12,14,18H2,(H,29,32). The van der Waals surface area contributed by atoms with E-state index in [1.807, 2.05) is 53.4 Å². The molecule has 1 atom stereocenters. The Morgan fingerprint density at radius 1 is 1.06 bits per heavy atom. The average molecular weight is 421 g/mol. The summed E-state index contributed by atoms with van der Waals surface area (Å²) in [6.07, 6.45) is 10.9. The second kappa shape index (κ2) is 9.02. The fourth-order valence-electron chi connectivity index (χ4n) is 4.23. The predicted octanol–water partition coefficient (Wildman–Crippen LogP) is 4.81. The molecule has 2 aromatic carbocycles. The van der Waals surface area contributed by atoms with Gasteiger partial charge in [-0.25, -0.2) is 0 Å². The monoisotopic (exact) mass is 420 g/mol. The molecule has 1 N–H and O–H groups in total. The first-order valence-electron chi connectivity index (χ1n) is 10.8. The maximum absolute atomic E-state index is 12.7. The summed E-state index contributed by atoms with van der Waals surface area (Å²) in [5, 5.41) is 7.93. The number of nitrogens with one attached hydrogen (secondary N) is 1. The molecule has 4 aromatic rings. The number of rotatable bonds is 6. The SMILES string of the molecule is O=C(C=Cc1cn(Cc2ccccc2)nc1-c1cccnc1)NC1CCc2ccccc21. The fraction of sp³-hybridized carbons (Fsp3) is 0.148. The molecule has 5 rings (SSSR count). The summed E-state index contributed by atoms with van der Waals surface area (Å²) < 4.78 is 1.91. The Hall–Kier alpha value is -3.99. The van der Waals surface area contributed by atoms with Crippen molar-refractivity contribution in [2.24, 2.45) is 0 Å². The summed E-state index contributed by atoms with van der Waals surface area (Å²) >= 11 is 0. The van der Waals surface area contributed by atoms with Crippen molar-refractivity contribution in [3.63, 3.8) is 0 Å². The first-order chi connectivity index (χ1) is 15.8. The van der Waals surface area contributed by atoms with E-state index in [1.165, 1.54) is 16.7 Å². The van der Waals surface area contributed by atoms with E-state index in [0.717, 1.165) is 29.7 Å². The highest BCUT2D eigenvalue weighted by Crippen LogP contribution is 2.30. The molecule has 1 amide bonds. The maximum atomic E-state index is 12.7. The van der Waals surface area contributed by atoms with Crippen molar-refractivity contribution < 1.29 is 4.79 Å². The molecular weight excluding hydrogens is 396 g/mol. The lowest BCUT2D eigenvalue weighted by atomic mass is 10.1. The van der Waals surface area contributed by atoms with Crippen LogP contribution in [0, 0.1) is 0 Å². The molecule has 5 nitrogen and oxygen atoms in total. The van der Waals surface area contributed by atoms with Gasteiger partial charge in [0.25, 0.3) is 0 Å². The Bertz CT molecular complexity index is 1250. The summed E-state index contributed by atoms with van der Waals surface area (Å²) in [6.45, 7) is 0.660. The number of fused-ring (bicyclic) bond motifs is 1. The molecule has 0 aliphatic heterocycles. The van der Waals surface area contributed by atoms with Crippen LogP contribution in [0.3, 0.4) is 0 Å². The first-order valence-corrected chi connectivity index (χ1v) is 10.8. The topological polar surface area (TPSA) is 59.8 Å². The zero-order chi connectivity index (χ0) is 21.8. The van der Waals surface area contributed by atoms with Gasteiger partial charge in [-0.1, -0.05) is 54.6 Å². The zero-order valence-electron chi connectivity index (χ0n) is 17.7. The molecule has 158 valence electrons. The van der Waals surface area contributed by atoms with E-state index in [0.29, 0.717) is 6.54 Å². The van der Waals surface area contributed by atoms with Crippen LogP contribution in [0.15, 0.2) is 91.4 Å². The molecule has 2 heterocycles. The molecule has 0 radical (unpaired) electrons. The molecule has 0 bridgehead atoms. The molecule has 0 fully saturated rings. The van der Waals surface area contributed by atoms with Crippen molar-refractivity contribution in [3.8, 4) is 11.3 Å². The van der Waals surface area contributed by atoms with Crippen LogP contribution in [0.1, 0.15) is 34.7 Å². The molecule has 32 heavy (non-hydrogen) atoms. The van der Waals surface area contributed by atoms with Gasteiger partial charge in [-0.2, -0.15) is 5.10 Å². The third-order valence-electron chi connectivity index (χ3n) is 5.78. The lowest BCUT2D eigenvalue weighted by Crippen LogP contribution is -2.25. The van der Waals surface area contributed by atoms with Crippen molar-refractivity contribution >= 4 is 12.0 Å². The number of carbonyl (C=O) groups excluding carboxylic acids is 1. The summed E-state index contributed by atoms with van der Waals surface area (Å²) in [4.78, 5) is 16.9. The molecule has 1 aliphatic rings. The van der Waals surface area contributed by atoms with Gasteiger partial charge in [0.2, 0.25) is 5.91 Å². The van der Waals surface area contributed by atoms with E-state index in [2.05, 4.69) is 40.6 Å². The van der Waals surface area contributed by atoms with E-state index >= 15 is 0 Å². The first kappa shape index (κ1) is 19.9. The molecule has 0 saturated carbocycles. The summed E-state index contributed by atoms with van der Waals surface area (Å²) in [6, 6.07) is 22.5. The Labute approximate surface area is 187 Å². The number of nitrogens with zero attached hydrogens (tertiary/aromatic N) is 3. The minimum atomic E-state index is -0.0975. The van der Waals surface area contributed by atoms with Gasteiger partial charge in [-0.05, 0) is 47.7 Å². The number of hydrogen-bond acceptors (Lipinski definition) is 3. The smallest absolute Gasteiger partial charge is 0.244 e. The molecule has 2 aromatic heterocycles. The van der Waals surface area contributed by atoms with Gasteiger partial charge in [0.1, 0.15) is 5.69 Å². The second-order valence-electron chi connectivity index (χ2n) is 7.99. The van der Waals surface area contributed by atoms with Crippen LogP contribution in [-0.2, 0) is 17.8 Å². The summed E-state index contributed by atoms with van der Waals surface area (Å²) in [5.74, 6) is -0.0975. The lowest BCUT2D eigenvalue weighted by Gasteiger charge is -2.12. The third-order valence-corrected chi connectivity index (χ3v) is 5.78. The Balaban J connectivity index is 1.37. The molecule has 0 spiro atoms. The van der Waals surface area contributed by atoms with Crippen molar-refractivity contribution in [2.75, 3.05) is 0 Å². The fourth-order valence-corrected chi connectivity index (χ4v) is 4.23. The highest BCUT2D eigenvalue weighted by Gasteiger charge is 2.22. The Kier molecular flexibility index (Phi) is 5.62. The van der Waals surface area contributed by atoms with Gasteiger partial charge in [-0.15, -0.1) is 0 Å². The number of hydrogen-bond donors (Lipinski definition) is 1. The van der Waals surface area contributed by atoms with Gasteiger partial charge in [0, 0.05) is 35.8 Å². The zero-order valence-corrected chi connectivity index (χ0v) is 17.7. The second-order valence-corrected chi connectivity index (χ2v) is 7.99. The quantitative estimate of drug-likeness (QED) is 0.456. The molecular formula is C27H24N4O. The predicted molar refractivity (Wildman–Crippen MR) is 126 cm³/mol. The normalized spacial score (nSPS) is 15.1. The van der Waals surface area contributed by atoms with Crippen molar-refractivity contribution in [3.05, 3.63) is 114 Å². The molecule has 1 aliphatic carbocycles. The van der Waals surface area contributed by atoms with Gasteiger partial charge in [0.05, 0.1) is 12.6 Å².